The molecule has 108 valence electrons. The van der Waals surface area contributed by atoms with E-state index in [0.29, 0.717) is 13.1 Å². The molecule has 0 radical (unpaired) electrons. The predicted molar refractivity (Wildman–Crippen MR) is 71.4 cm³/mol. The van der Waals surface area contributed by atoms with Gasteiger partial charge in [0.05, 0.1) is 5.69 Å². The number of rotatable bonds is 2. The van der Waals surface area contributed by atoms with Crippen molar-refractivity contribution in [2.24, 2.45) is 0 Å². The quantitative estimate of drug-likeness (QED) is 0.857. The van der Waals surface area contributed by atoms with E-state index in [-0.39, 0.29) is 5.69 Å². The molecule has 2 N–H and O–H groups in total. The number of nitrogens with zero attached hydrogens (tertiary/aromatic N) is 2. The number of halogens is 1. The van der Waals surface area contributed by atoms with Crippen LogP contribution in [-0.2, 0) is 0 Å². The summed E-state index contributed by atoms with van der Waals surface area (Å²) in [5, 5.41) is 11.5. The highest BCUT2D eigenvalue weighted by atomic mass is 19.1. The van der Waals surface area contributed by atoms with E-state index in [4.69, 9.17) is 5.11 Å². The van der Waals surface area contributed by atoms with Crippen LogP contribution >= 0.6 is 0 Å². The van der Waals surface area contributed by atoms with Gasteiger partial charge in [-0.05, 0) is 19.2 Å². The van der Waals surface area contributed by atoms with Crippen molar-refractivity contribution in [1.29, 1.82) is 0 Å². The second-order valence-electron chi connectivity index (χ2n) is 4.69. The number of hydrogen-bond acceptors (Lipinski definition) is 3. The Bertz CT molecular complexity index is 528. The lowest BCUT2D eigenvalue weighted by atomic mass is 10.1. The van der Waals surface area contributed by atoms with Gasteiger partial charge in [-0.15, -0.1) is 0 Å². The minimum atomic E-state index is -1.41. The van der Waals surface area contributed by atoms with E-state index in [1.807, 2.05) is 7.05 Å². The monoisotopic (exact) mass is 281 g/mol. The first-order valence-electron chi connectivity index (χ1n) is 6.25. The van der Waals surface area contributed by atoms with Crippen LogP contribution in [0.3, 0.4) is 0 Å². The number of benzene rings is 1. The minimum Gasteiger partial charge on any atom is -0.478 e. The van der Waals surface area contributed by atoms with Crippen LogP contribution < -0.4 is 5.32 Å². The first kappa shape index (κ1) is 14.3. The van der Waals surface area contributed by atoms with E-state index in [9.17, 15) is 14.0 Å². The van der Waals surface area contributed by atoms with E-state index in [2.05, 4.69) is 10.2 Å². The van der Waals surface area contributed by atoms with Gasteiger partial charge in [0.2, 0.25) is 0 Å². The van der Waals surface area contributed by atoms with Crippen molar-refractivity contribution in [3.8, 4) is 0 Å². The minimum absolute atomic E-state index is 0.0265. The van der Waals surface area contributed by atoms with E-state index in [1.54, 1.807) is 4.90 Å². The summed E-state index contributed by atoms with van der Waals surface area (Å²) in [5.74, 6) is -2.27. The summed E-state index contributed by atoms with van der Waals surface area (Å²) in [4.78, 5) is 26.7. The van der Waals surface area contributed by atoms with Crippen molar-refractivity contribution in [3.05, 3.63) is 29.6 Å². The van der Waals surface area contributed by atoms with Gasteiger partial charge < -0.3 is 20.2 Å². The number of carbonyl (C=O) groups excluding carboxylic acids is 1. The average Bonchev–Trinajstić information content (AvgIpc) is 2.39. The number of carbonyl (C=O) groups is 2. The molecule has 20 heavy (non-hydrogen) atoms. The third-order valence-electron chi connectivity index (χ3n) is 3.26. The lowest BCUT2D eigenvalue weighted by Crippen LogP contribution is -2.48. The highest BCUT2D eigenvalue weighted by molar-refractivity contribution is 6.00. The molecule has 1 aromatic rings. The smallest absolute Gasteiger partial charge is 0.340 e. The normalized spacial score (nSPS) is 16.0. The topological polar surface area (TPSA) is 72.9 Å². The maximum Gasteiger partial charge on any atom is 0.340 e. The molecule has 1 aromatic carbocycles. The summed E-state index contributed by atoms with van der Waals surface area (Å²) in [6.45, 7) is 2.62. The SMILES string of the molecule is CN1CCN(C(=O)Nc2cccc(F)c2C(=O)O)CC1. The molecule has 1 aliphatic rings. The number of piperazine rings is 1. The molecule has 0 aromatic heterocycles. The summed E-state index contributed by atoms with van der Waals surface area (Å²) in [6, 6.07) is 3.38. The number of amides is 2. The van der Waals surface area contributed by atoms with Crippen molar-refractivity contribution >= 4 is 17.7 Å². The Kier molecular flexibility index (Phi) is 4.19. The summed E-state index contributed by atoms with van der Waals surface area (Å²) in [6.07, 6.45) is 0. The molecule has 0 unspecified atom stereocenters. The summed E-state index contributed by atoms with van der Waals surface area (Å²) < 4.78 is 13.5. The molecule has 6 nitrogen and oxygen atoms in total. The Morgan fingerprint density at radius 1 is 1.25 bits per heavy atom. The molecule has 0 bridgehead atoms. The van der Waals surface area contributed by atoms with Crippen molar-refractivity contribution < 1.29 is 19.1 Å². The summed E-state index contributed by atoms with van der Waals surface area (Å²) in [7, 11) is 1.96. The molecule has 0 aliphatic carbocycles. The van der Waals surface area contributed by atoms with E-state index in [1.165, 1.54) is 12.1 Å². The van der Waals surface area contributed by atoms with Gasteiger partial charge in [0, 0.05) is 26.2 Å². The first-order valence-corrected chi connectivity index (χ1v) is 6.25. The zero-order valence-electron chi connectivity index (χ0n) is 11.1. The molecule has 0 atom stereocenters. The number of carboxylic acids is 1. The Morgan fingerprint density at radius 3 is 2.50 bits per heavy atom. The number of likely N-dealkylation sites (N-methyl/N-ethyl adjacent to an activating group) is 1. The van der Waals surface area contributed by atoms with Gasteiger partial charge in [-0.3, -0.25) is 0 Å². The van der Waals surface area contributed by atoms with Gasteiger partial charge in [-0.1, -0.05) is 6.07 Å². The third kappa shape index (κ3) is 3.05. The molecule has 7 heteroatoms. The summed E-state index contributed by atoms with van der Waals surface area (Å²) in [5.41, 5.74) is -0.545. The molecule has 1 heterocycles. The Morgan fingerprint density at radius 2 is 1.90 bits per heavy atom. The van der Waals surface area contributed by atoms with Crippen LogP contribution in [0.5, 0.6) is 0 Å². The van der Waals surface area contributed by atoms with Crippen LogP contribution in [0.25, 0.3) is 0 Å². The fourth-order valence-corrected chi connectivity index (χ4v) is 2.05. The van der Waals surface area contributed by atoms with Crippen molar-refractivity contribution in [2.75, 3.05) is 38.5 Å². The Hall–Kier alpha value is -2.15. The molecule has 1 aliphatic heterocycles. The molecule has 2 rings (SSSR count). The predicted octanol–water partition coefficient (Wildman–Crippen LogP) is 1.30. The summed E-state index contributed by atoms with van der Waals surface area (Å²) >= 11 is 0. The first-order chi connectivity index (χ1) is 9.49. The number of hydrogen-bond donors (Lipinski definition) is 2. The van der Waals surface area contributed by atoms with Crippen LogP contribution in [0.1, 0.15) is 10.4 Å². The van der Waals surface area contributed by atoms with Gasteiger partial charge in [0.15, 0.2) is 0 Å². The fourth-order valence-electron chi connectivity index (χ4n) is 2.05. The Labute approximate surface area is 115 Å². The standard InChI is InChI=1S/C13H16FN3O3/c1-16-5-7-17(8-6-16)13(20)15-10-4-2-3-9(14)11(10)12(18)19/h2-4H,5-8H2,1H3,(H,15,20)(H,18,19). The van der Waals surface area contributed by atoms with Gasteiger partial charge in [0.1, 0.15) is 11.4 Å². The highest BCUT2D eigenvalue weighted by Crippen LogP contribution is 2.19. The molecule has 2 amide bonds. The number of nitrogens with one attached hydrogen (secondary N) is 1. The van der Waals surface area contributed by atoms with Crippen LogP contribution in [0.2, 0.25) is 0 Å². The van der Waals surface area contributed by atoms with Gasteiger partial charge in [-0.2, -0.15) is 0 Å². The molecule has 1 fully saturated rings. The van der Waals surface area contributed by atoms with Crippen molar-refractivity contribution in [2.45, 2.75) is 0 Å². The second kappa shape index (κ2) is 5.87. The average molecular weight is 281 g/mol. The number of carboxylic acid groups (broad SMARTS) is 1. The van der Waals surface area contributed by atoms with Crippen LogP contribution in [0.4, 0.5) is 14.9 Å². The van der Waals surface area contributed by atoms with Crippen LogP contribution in [0.15, 0.2) is 18.2 Å². The van der Waals surface area contributed by atoms with E-state index < -0.39 is 23.4 Å². The van der Waals surface area contributed by atoms with Crippen molar-refractivity contribution in [3.63, 3.8) is 0 Å². The van der Waals surface area contributed by atoms with Crippen LogP contribution in [0, 0.1) is 5.82 Å². The van der Waals surface area contributed by atoms with Gasteiger partial charge in [0.25, 0.3) is 0 Å². The fraction of sp³-hybridized carbons (Fsp3) is 0.385. The van der Waals surface area contributed by atoms with E-state index in [0.717, 1.165) is 19.2 Å². The second-order valence-corrected chi connectivity index (χ2v) is 4.69. The Balaban J connectivity index is 2.12. The molecule has 1 saturated heterocycles. The lowest BCUT2D eigenvalue weighted by Gasteiger charge is -2.32. The molecule has 0 saturated carbocycles. The largest absolute Gasteiger partial charge is 0.478 e. The molecule has 0 spiro atoms. The van der Waals surface area contributed by atoms with E-state index >= 15 is 0 Å². The van der Waals surface area contributed by atoms with Gasteiger partial charge >= 0.3 is 12.0 Å². The maximum atomic E-state index is 13.5. The third-order valence-corrected chi connectivity index (χ3v) is 3.26. The number of aromatic carboxylic acids is 1. The highest BCUT2D eigenvalue weighted by Gasteiger charge is 2.22. The maximum absolute atomic E-state index is 13.5. The van der Waals surface area contributed by atoms with Crippen LogP contribution in [-0.4, -0.2) is 60.1 Å². The molecular formula is C13H16FN3O3. The molecular weight excluding hydrogens is 265 g/mol. The number of urea groups is 1. The number of anilines is 1. The van der Waals surface area contributed by atoms with Gasteiger partial charge in [-0.25, -0.2) is 14.0 Å². The zero-order chi connectivity index (χ0) is 14.7. The van der Waals surface area contributed by atoms with Crippen molar-refractivity contribution in [1.82, 2.24) is 9.80 Å². The zero-order valence-corrected chi connectivity index (χ0v) is 11.1. The lowest BCUT2D eigenvalue weighted by molar-refractivity contribution is 0.0693.